The van der Waals surface area contributed by atoms with Crippen molar-refractivity contribution in [2.75, 3.05) is 13.1 Å². The molecule has 2 fully saturated rings. The largest absolute Gasteiger partial charge is 0.481 e. The number of hydrogen-bond acceptors (Lipinski definition) is 3. The van der Waals surface area contributed by atoms with Crippen molar-refractivity contribution in [1.82, 2.24) is 9.88 Å². The highest BCUT2D eigenvalue weighted by Crippen LogP contribution is 2.59. The first-order chi connectivity index (χ1) is 9.12. The van der Waals surface area contributed by atoms with Crippen LogP contribution in [0.25, 0.3) is 0 Å². The molecule has 5 heteroatoms. The van der Waals surface area contributed by atoms with E-state index >= 15 is 0 Å². The van der Waals surface area contributed by atoms with Crippen LogP contribution in [0.5, 0.6) is 0 Å². The standard InChI is InChI=1S/C14H16N2O3/c17-12(10-2-1-5-15-9-10)16-6-3-14(4-7-16)8-11(14)13(18)19/h1-2,5,9,11H,3-4,6-8H2,(H,18,19). The summed E-state index contributed by atoms with van der Waals surface area (Å²) >= 11 is 0. The van der Waals surface area contributed by atoms with E-state index in [9.17, 15) is 9.59 Å². The minimum absolute atomic E-state index is 0.00419. The number of carbonyl (C=O) groups excluding carboxylic acids is 1. The summed E-state index contributed by atoms with van der Waals surface area (Å²) in [5.41, 5.74) is 0.571. The molecule has 1 aliphatic carbocycles. The fourth-order valence-corrected chi connectivity index (χ4v) is 3.08. The van der Waals surface area contributed by atoms with Crippen LogP contribution in [0.15, 0.2) is 24.5 Å². The molecule has 5 nitrogen and oxygen atoms in total. The molecule has 1 atom stereocenters. The lowest BCUT2D eigenvalue weighted by molar-refractivity contribution is -0.139. The monoisotopic (exact) mass is 260 g/mol. The number of aliphatic carboxylic acids is 1. The molecule has 0 radical (unpaired) electrons. The number of amides is 1. The Bertz CT molecular complexity index is 507. The van der Waals surface area contributed by atoms with E-state index < -0.39 is 5.97 Å². The fraction of sp³-hybridized carbons (Fsp3) is 0.500. The maximum Gasteiger partial charge on any atom is 0.307 e. The van der Waals surface area contributed by atoms with E-state index in [0.29, 0.717) is 18.7 Å². The highest BCUT2D eigenvalue weighted by molar-refractivity contribution is 5.94. The van der Waals surface area contributed by atoms with Crippen molar-refractivity contribution in [1.29, 1.82) is 0 Å². The number of carboxylic acids is 1. The lowest BCUT2D eigenvalue weighted by Gasteiger charge is -2.32. The molecule has 2 aliphatic rings. The number of carboxylic acid groups (broad SMARTS) is 1. The van der Waals surface area contributed by atoms with Crippen LogP contribution in [0, 0.1) is 11.3 Å². The summed E-state index contributed by atoms with van der Waals surface area (Å²) in [6, 6.07) is 3.51. The molecular weight excluding hydrogens is 244 g/mol. The molecule has 1 aromatic rings. The van der Waals surface area contributed by atoms with Gasteiger partial charge in [0.05, 0.1) is 11.5 Å². The molecule has 1 spiro atoms. The highest BCUT2D eigenvalue weighted by atomic mass is 16.4. The average Bonchev–Trinajstić information content (AvgIpc) is 3.14. The molecule has 2 heterocycles. The summed E-state index contributed by atoms with van der Waals surface area (Å²) in [6.45, 7) is 1.30. The molecule has 3 rings (SSSR count). The van der Waals surface area contributed by atoms with Gasteiger partial charge in [0.1, 0.15) is 0 Å². The third-order valence-corrected chi connectivity index (χ3v) is 4.44. The van der Waals surface area contributed by atoms with E-state index in [2.05, 4.69) is 4.98 Å². The Hall–Kier alpha value is -1.91. The number of carbonyl (C=O) groups is 2. The van der Waals surface area contributed by atoms with Crippen molar-refractivity contribution in [2.45, 2.75) is 19.3 Å². The molecule has 1 amide bonds. The molecule has 1 aromatic heterocycles. The third kappa shape index (κ3) is 2.09. The predicted molar refractivity (Wildman–Crippen MR) is 67.6 cm³/mol. The number of aromatic nitrogens is 1. The lowest BCUT2D eigenvalue weighted by Crippen LogP contribution is -2.40. The van der Waals surface area contributed by atoms with E-state index in [0.717, 1.165) is 19.3 Å². The summed E-state index contributed by atoms with van der Waals surface area (Å²) < 4.78 is 0. The minimum atomic E-state index is -0.688. The average molecular weight is 260 g/mol. The van der Waals surface area contributed by atoms with Gasteiger partial charge < -0.3 is 10.0 Å². The fourth-order valence-electron chi connectivity index (χ4n) is 3.08. The van der Waals surface area contributed by atoms with Crippen LogP contribution in [0.3, 0.4) is 0 Å². The van der Waals surface area contributed by atoms with Crippen LogP contribution < -0.4 is 0 Å². The van der Waals surface area contributed by atoms with Gasteiger partial charge in [0.25, 0.3) is 5.91 Å². The van der Waals surface area contributed by atoms with Gasteiger partial charge in [-0.05, 0) is 36.8 Å². The quantitative estimate of drug-likeness (QED) is 0.872. The topological polar surface area (TPSA) is 70.5 Å². The van der Waals surface area contributed by atoms with Gasteiger partial charge >= 0.3 is 5.97 Å². The summed E-state index contributed by atoms with van der Waals surface area (Å²) in [4.78, 5) is 29.0. The van der Waals surface area contributed by atoms with Gasteiger partial charge in [-0.3, -0.25) is 14.6 Å². The number of rotatable bonds is 2. The zero-order valence-electron chi connectivity index (χ0n) is 10.6. The van der Waals surface area contributed by atoms with Crippen LogP contribution >= 0.6 is 0 Å². The van der Waals surface area contributed by atoms with Crippen molar-refractivity contribution >= 4 is 11.9 Å². The van der Waals surface area contributed by atoms with E-state index in [1.807, 2.05) is 0 Å². The Morgan fingerprint density at radius 3 is 2.63 bits per heavy atom. The number of likely N-dealkylation sites (tertiary alicyclic amines) is 1. The van der Waals surface area contributed by atoms with Crippen molar-refractivity contribution in [2.24, 2.45) is 11.3 Å². The van der Waals surface area contributed by atoms with Gasteiger partial charge in [-0.15, -0.1) is 0 Å². The van der Waals surface area contributed by atoms with Crippen molar-refractivity contribution in [3.8, 4) is 0 Å². The maximum atomic E-state index is 12.2. The Morgan fingerprint density at radius 2 is 2.11 bits per heavy atom. The van der Waals surface area contributed by atoms with Gasteiger partial charge in [0.15, 0.2) is 0 Å². The van der Waals surface area contributed by atoms with E-state index in [1.54, 1.807) is 29.4 Å². The minimum Gasteiger partial charge on any atom is -0.481 e. The molecule has 0 bridgehead atoms. The first-order valence-electron chi connectivity index (χ1n) is 6.54. The van der Waals surface area contributed by atoms with E-state index in [-0.39, 0.29) is 17.2 Å². The number of nitrogens with zero attached hydrogens (tertiary/aromatic N) is 2. The van der Waals surface area contributed by atoms with Crippen LogP contribution in [-0.2, 0) is 4.79 Å². The van der Waals surface area contributed by atoms with Gasteiger partial charge in [0.2, 0.25) is 0 Å². The molecule has 1 saturated carbocycles. The Morgan fingerprint density at radius 1 is 1.37 bits per heavy atom. The molecule has 1 saturated heterocycles. The van der Waals surface area contributed by atoms with Gasteiger partial charge in [-0.2, -0.15) is 0 Å². The Kier molecular flexibility index (Phi) is 2.77. The van der Waals surface area contributed by atoms with Gasteiger partial charge in [-0.25, -0.2) is 0 Å². The molecule has 0 aromatic carbocycles. The second kappa shape index (κ2) is 4.33. The van der Waals surface area contributed by atoms with Crippen LogP contribution in [-0.4, -0.2) is 40.0 Å². The number of hydrogen-bond donors (Lipinski definition) is 1. The normalized spacial score (nSPS) is 24.2. The number of pyridine rings is 1. The molecule has 1 aliphatic heterocycles. The summed E-state index contributed by atoms with van der Waals surface area (Å²) in [5.74, 6) is -0.884. The first kappa shape index (κ1) is 12.1. The first-order valence-corrected chi connectivity index (χ1v) is 6.54. The van der Waals surface area contributed by atoms with Crippen molar-refractivity contribution < 1.29 is 14.7 Å². The molecule has 100 valence electrons. The summed E-state index contributed by atoms with van der Waals surface area (Å²) in [5, 5.41) is 9.03. The second-order valence-corrected chi connectivity index (χ2v) is 5.49. The van der Waals surface area contributed by atoms with Crippen molar-refractivity contribution in [3.05, 3.63) is 30.1 Å². The Balaban J connectivity index is 1.62. The number of piperidine rings is 1. The third-order valence-electron chi connectivity index (χ3n) is 4.44. The van der Waals surface area contributed by atoms with Crippen molar-refractivity contribution in [3.63, 3.8) is 0 Å². The lowest BCUT2D eigenvalue weighted by atomic mass is 9.90. The second-order valence-electron chi connectivity index (χ2n) is 5.49. The Labute approximate surface area is 111 Å². The molecular formula is C14H16N2O3. The van der Waals surface area contributed by atoms with Gasteiger partial charge in [-0.1, -0.05) is 0 Å². The van der Waals surface area contributed by atoms with E-state index in [4.69, 9.17) is 5.11 Å². The van der Waals surface area contributed by atoms with E-state index in [1.165, 1.54) is 0 Å². The van der Waals surface area contributed by atoms with Crippen LogP contribution in [0.1, 0.15) is 29.6 Å². The smallest absolute Gasteiger partial charge is 0.307 e. The molecule has 1 N–H and O–H groups in total. The zero-order chi connectivity index (χ0) is 13.5. The van der Waals surface area contributed by atoms with Crippen LogP contribution in [0.4, 0.5) is 0 Å². The molecule has 1 unspecified atom stereocenters. The predicted octanol–water partition coefficient (Wildman–Crippen LogP) is 1.41. The van der Waals surface area contributed by atoms with Crippen LogP contribution in [0.2, 0.25) is 0 Å². The van der Waals surface area contributed by atoms with Gasteiger partial charge in [0, 0.05) is 25.5 Å². The summed E-state index contributed by atoms with van der Waals surface area (Å²) in [7, 11) is 0. The SMILES string of the molecule is O=C(O)C1CC12CCN(C(=O)c1cccnc1)CC2. The zero-order valence-corrected chi connectivity index (χ0v) is 10.6. The maximum absolute atomic E-state index is 12.2. The highest BCUT2D eigenvalue weighted by Gasteiger charge is 2.59. The molecule has 19 heavy (non-hydrogen) atoms. The summed E-state index contributed by atoms with van der Waals surface area (Å²) in [6.07, 6.45) is 5.59.